The summed E-state index contributed by atoms with van der Waals surface area (Å²) < 4.78 is 0. The highest BCUT2D eigenvalue weighted by atomic mass is 35.5. The van der Waals surface area contributed by atoms with Gasteiger partial charge in [0.15, 0.2) is 0 Å². The minimum atomic E-state index is -0.674. The molecule has 0 saturated heterocycles. The summed E-state index contributed by atoms with van der Waals surface area (Å²) in [5, 5.41) is 14.1. The predicted molar refractivity (Wildman–Crippen MR) is 79.0 cm³/mol. The van der Waals surface area contributed by atoms with E-state index >= 15 is 0 Å². The van der Waals surface area contributed by atoms with Gasteiger partial charge >= 0.3 is 5.97 Å². The van der Waals surface area contributed by atoms with Crippen LogP contribution >= 0.6 is 23.2 Å². The molecule has 0 aromatic heterocycles. The Balaban J connectivity index is 1.71. The molecule has 1 aromatic rings. The van der Waals surface area contributed by atoms with Crippen LogP contribution in [0.5, 0.6) is 0 Å². The van der Waals surface area contributed by atoms with Crippen LogP contribution in [0.1, 0.15) is 24.8 Å². The van der Waals surface area contributed by atoms with Crippen LogP contribution in [0, 0.1) is 17.8 Å². The molecule has 20 heavy (non-hydrogen) atoms. The number of aliphatic carboxylic acids is 1. The highest BCUT2D eigenvalue weighted by Gasteiger charge is 2.50. The molecule has 2 aliphatic rings. The lowest BCUT2D eigenvalue weighted by Crippen LogP contribution is -2.43. The summed E-state index contributed by atoms with van der Waals surface area (Å²) in [6, 6.07) is 5.42. The maximum atomic E-state index is 11.4. The first kappa shape index (κ1) is 14.2. The Labute approximate surface area is 128 Å². The molecule has 2 N–H and O–H groups in total. The second-order valence-corrected chi connectivity index (χ2v) is 6.68. The van der Waals surface area contributed by atoms with Gasteiger partial charge in [0.2, 0.25) is 0 Å². The number of hydrogen-bond donors (Lipinski definition) is 2. The monoisotopic (exact) mass is 313 g/mol. The highest BCUT2D eigenvalue weighted by molar-refractivity contribution is 6.33. The Hall–Kier alpha value is -0.770. The first-order valence-electron chi connectivity index (χ1n) is 6.96. The molecular formula is C15H17Cl2NO2. The summed E-state index contributed by atoms with van der Waals surface area (Å²) in [5.41, 5.74) is 0.922. The molecular weight excluding hydrogens is 297 g/mol. The third kappa shape index (κ3) is 2.54. The Morgan fingerprint density at radius 2 is 2.05 bits per heavy atom. The molecule has 4 atom stereocenters. The van der Waals surface area contributed by atoms with E-state index in [2.05, 4.69) is 5.32 Å². The van der Waals surface area contributed by atoms with E-state index in [4.69, 9.17) is 23.2 Å². The van der Waals surface area contributed by atoms with Crippen molar-refractivity contribution in [1.29, 1.82) is 0 Å². The molecule has 0 heterocycles. The Bertz CT molecular complexity index is 535. The Morgan fingerprint density at radius 3 is 2.80 bits per heavy atom. The lowest BCUT2D eigenvalue weighted by Gasteiger charge is -2.29. The van der Waals surface area contributed by atoms with Gasteiger partial charge in [-0.25, -0.2) is 0 Å². The fraction of sp³-hybridized carbons (Fsp3) is 0.533. The van der Waals surface area contributed by atoms with Crippen molar-refractivity contribution in [3.8, 4) is 0 Å². The second kappa shape index (κ2) is 5.55. The minimum absolute atomic E-state index is 0.0568. The van der Waals surface area contributed by atoms with E-state index in [0.717, 1.165) is 24.8 Å². The average Bonchev–Trinajstić information content (AvgIpc) is 3.00. The van der Waals surface area contributed by atoms with Crippen molar-refractivity contribution in [3.63, 3.8) is 0 Å². The van der Waals surface area contributed by atoms with Gasteiger partial charge in [0.25, 0.3) is 0 Å². The van der Waals surface area contributed by atoms with Crippen LogP contribution in [0.2, 0.25) is 10.0 Å². The molecule has 2 bridgehead atoms. The van der Waals surface area contributed by atoms with Crippen molar-refractivity contribution in [2.45, 2.75) is 31.8 Å². The van der Waals surface area contributed by atoms with E-state index in [1.54, 1.807) is 12.1 Å². The number of hydrogen-bond acceptors (Lipinski definition) is 2. The first-order valence-corrected chi connectivity index (χ1v) is 7.72. The zero-order valence-electron chi connectivity index (χ0n) is 11.0. The molecule has 0 spiro atoms. The Kier molecular flexibility index (Phi) is 3.93. The van der Waals surface area contributed by atoms with Crippen molar-refractivity contribution in [2.24, 2.45) is 17.8 Å². The van der Waals surface area contributed by atoms with E-state index in [9.17, 15) is 9.90 Å². The van der Waals surface area contributed by atoms with Gasteiger partial charge < -0.3 is 10.4 Å². The number of nitrogens with one attached hydrogen (secondary N) is 1. The van der Waals surface area contributed by atoms with E-state index < -0.39 is 5.97 Å². The molecule has 0 radical (unpaired) electrons. The second-order valence-electron chi connectivity index (χ2n) is 5.84. The maximum Gasteiger partial charge on any atom is 0.308 e. The molecule has 2 fully saturated rings. The third-order valence-corrected chi connectivity index (χ3v) is 5.34. The fourth-order valence-electron chi connectivity index (χ4n) is 3.85. The van der Waals surface area contributed by atoms with Gasteiger partial charge in [0.1, 0.15) is 0 Å². The van der Waals surface area contributed by atoms with Crippen molar-refractivity contribution in [2.75, 3.05) is 0 Å². The van der Waals surface area contributed by atoms with Crippen LogP contribution in [0.3, 0.4) is 0 Å². The number of benzene rings is 1. The van der Waals surface area contributed by atoms with E-state index in [0.29, 0.717) is 28.4 Å². The summed E-state index contributed by atoms with van der Waals surface area (Å²) in [7, 11) is 0. The molecule has 2 aliphatic carbocycles. The third-order valence-electron chi connectivity index (χ3n) is 4.74. The van der Waals surface area contributed by atoms with Crippen LogP contribution in [-0.2, 0) is 11.3 Å². The fourth-order valence-corrected chi connectivity index (χ4v) is 4.23. The van der Waals surface area contributed by atoms with Gasteiger partial charge in [-0.2, -0.15) is 0 Å². The van der Waals surface area contributed by atoms with E-state index in [-0.39, 0.29) is 12.0 Å². The molecule has 0 aliphatic heterocycles. The van der Waals surface area contributed by atoms with Gasteiger partial charge in [0, 0.05) is 22.6 Å². The van der Waals surface area contributed by atoms with Gasteiger partial charge in [-0.1, -0.05) is 23.2 Å². The number of carbonyl (C=O) groups is 1. The van der Waals surface area contributed by atoms with E-state index in [1.165, 1.54) is 0 Å². The highest BCUT2D eigenvalue weighted by Crippen LogP contribution is 2.48. The standard InChI is InChI=1S/C15H17Cl2NO2/c16-11-3-4-12(17)10(6-11)7-18-14-9-2-1-8(5-9)13(14)15(19)20/h3-4,6,8-9,13-14,18H,1-2,5,7H2,(H,19,20). The molecule has 0 amide bonds. The van der Waals surface area contributed by atoms with Crippen molar-refractivity contribution < 1.29 is 9.90 Å². The number of halogens is 2. The minimum Gasteiger partial charge on any atom is -0.481 e. The van der Waals surface area contributed by atoms with Crippen LogP contribution in [0.4, 0.5) is 0 Å². The molecule has 3 nitrogen and oxygen atoms in total. The molecule has 3 rings (SSSR count). The Morgan fingerprint density at radius 1 is 1.30 bits per heavy atom. The first-order chi connectivity index (χ1) is 9.56. The van der Waals surface area contributed by atoms with Gasteiger partial charge in [-0.15, -0.1) is 0 Å². The summed E-state index contributed by atoms with van der Waals surface area (Å²) in [6.07, 6.45) is 3.23. The summed E-state index contributed by atoms with van der Waals surface area (Å²) >= 11 is 12.1. The quantitative estimate of drug-likeness (QED) is 0.893. The zero-order valence-corrected chi connectivity index (χ0v) is 12.5. The normalized spacial score (nSPS) is 31.7. The summed E-state index contributed by atoms with van der Waals surface area (Å²) in [4.78, 5) is 11.4. The zero-order chi connectivity index (χ0) is 14.3. The SMILES string of the molecule is O=C(O)C1C2CCC(C2)C1NCc1cc(Cl)ccc1Cl. The van der Waals surface area contributed by atoms with Gasteiger partial charge in [0.05, 0.1) is 5.92 Å². The number of fused-ring (bicyclic) bond motifs is 2. The molecule has 2 saturated carbocycles. The summed E-state index contributed by atoms with van der Waals surface area (Å²) in [6.45, 7) is 0.567. The van der Waals surface area contributed by atoms with Crippen molar-refractivity contribution in [3.05, 3.63) is 33.8 Å². The number of rotatable bonds is 4. The predicted octanol–water partition coefficient (Wildman–Crippen LogP) is 3.58. The van der Waals surface area contributed by atoms with Crippen molar-refractivity contribution in [1.82, 2.24) is 5.32 Å². The largest absolute Gasteiger partial charge is 0.481 e. The van der Waals surface area contributed by atoms with Crippen LogP contribution in [-0.4, -0.2) is 17.1 Å². The smallest absolute Gasteiger partial charge is 0.308 e. The lowest BCUT2D eigenvalue weighted by molar-refractivity contribution is -0.144. The topological polar surface area (TPSA) is 49.3 Å². The maximum absolute atomic E-state index is 11.4. The number of carboxylic acids is 1. The molecule has 108 valence electrons. The van der Waals surface area contributed by atoms with Crippen molar-refractivity contribution >= 4 is 29.2 Å². The van der Waals surface area contributed by atoms with Gasteiger partial charge in [-0.05, 0) is 54.9 Å². The van der Waals surface area contributed by atoms with Gasteiger partial charge in [-0.3, -0.25) is 4.79 Å². The molecule has 5 heteroatoms. The molecule has 4 unspecified atom stereocenters. The summed E-state index contributed by atoms with van der Waals surface area (Å²) in [5.74, 6) is -0.109. The van der Waals surface area contributed by atoms with Crippen LogP contribution in [0.15, 0.2) is 18.2 Å². The lowest BCUT2D eigenvalue weighted by atomic mass is 9.84. The molecule has 1 aromatic carbocycles. The van der Waals surface area contributed by atoms with Crippen LogP contribution in [0.25, 0.3) is 0 Å². The van der Waals surface area contributed by atoms with Crippen LogP contribution < -0.4 is 5.32 Å². The average molecular weight is 314 g/mol. The number of carboxylic acid groups (broad SMARTS) is 1. The van der Waals surface area contributed by atoms with E-state index in [1.807, 2.05) is 6.07 Å².